The fourth-order valence-corrected chi connectivity index (χ4v) is 4.72. The molecule has 1 N–H and O–H groups in total. The summed E-state index contributed by atoms with van der Waals surface area (Å²) in [4.78, 5) is 7.28. The van der Waals surface area contributed by atoms with Crippen LogP contribution >= 0.6 is 0 Å². The maximum atomic E-state index is 14.1. The molecule has 0 spiro atoms. The van der Waals surface area contributed by atoms with E-state index in [0.717, 1.165) is 38.2 Å². The van der Waals surface area contributed by atoms with Crippen molar-refractivity contribution in [2.45, 2.75) is 31.4 Å². The highest BCUT2D eigenvalue weighted by molar-refractivity contribution is 5.57. The third-order valence-corrected chi connectivity index (χ3v) is 6.50. The Kier molecular flexibility index (Phi) is 5.74. The second kappa shape index (κ2) is 8.97. The Hall–Kier alpha value is -3.43. The van der Waals surface area contributed by atoms with Crippen LogP contribution in [0.5, 0.6) is 5.88 Å². The molecule has 5 rings (SSSR count). The van der Waals surface area contributed by atoms with Gasteiger partial charge in [0.05, 0.1) is 17.7 Å². The fraction of sp³-hybridized carbons (Fsp3) is 0.308. The molecule has 1 saturated heterocycles. The Bertz CT molecular complexity index is 1150. The maximum absolute atomic E-state index is 14.1. The summed E-state index contributed by atoms with van der Waals surface area (Å²) in [7, 11) is 0. The van der Waals surface area contributed by atoms with Crippen molar-refractivity contribution in [2.24, 2.45) is 0 Å². The molecule has 2 aliphatic rings. The molecule has 1 fully saturated rings. The van der Waals surface area contributed by atoms with Crippen molar-refractivity contribution >= 4 is 5.69 Å². The van der Waals surface area contributed by atoms with E-state index in [1.165, 1.54) is 17.3 Å². The number of para-hydroxylation sites is 1. The first-order valence-corrected chi connectivity index (χ1v) is 11.1. The zero-order chi connectivity index (χ0) is 21.9. The SMILES string of the molecule is N#Cc1ccc(COc2cccc(C3CCN(C4CNc5ccccc54)CC3)n2)c(F)c1. The Morgan fingerprint density at radius 2 is 1.94 bits per heavy atom. The normalized spacial score (nSPS) is 18.6. The summed E-state index contributed by atoms with van der Waals surface area (Å²) in [6, 6.07) is 21.2. The van der Waals surface area contributed by atoms with E-state index in [0.29, 0.717) is 29.0 Å². The first-order chi connectivity index (χ1) is 15.7. The number of ether oxygens (including phenoxy) is 1. The van der Waals surface area contributed by atoms with Gasteiger partial charge in [-0.3, -0.25) is 4.90 Å². The van der Waals surface area contributed by atoms with Crippen LogP contribution < -0.4 is 10.1 Å². The van der Waals surface area contributed by atoms with Crippen LogP contribution in [0.1, 0.15) is 47.2 Å². The van der Waals surface area contributed by atoms with Crippen LogP contribution in [0, 0.1) is 17.1 Å². The van der Waals surface area contributed by atoms with E-state index < -0.39 is 5.82 Å². The highest BCUT2D eigenvalue weighted by Crippen LogP contribution is 2.37. The van der Waals surface area contributed by atoms with Gasteiger partial charge in [0, 0.05) is 35.5 Å². The summed E-state index contributed by atoms with van der Waals surface area (Å²) < 4.78 is 19.9. The average Bonchev–Trinajstić information content (AvgIpc) is 3.28. The molecule has 162 valence electrons. The van der Waals surface area contributed by atoms with Gasteiger partial charge in [-0.2, -0.15) is 5.26 Å². The van der Waals surface area contributed by atoms with Crippen LogP contribution in [0.15, 0.2) is 60.7 Å². The van der Waals surface area contributed by atoms with Crippen LogP contribution in [0.25, 0.3) is 0 Å². The molecule has 2 aromatic carbocycles. The van der Waals surface area contributed by atoms with Crippen molar-refractivity contribution < 1.29 is 9.13 Å². The number of hydrogen-bond acceptors (Lipinski definition) is 5. The van der Waals surface area contributed by atoms with E-state index in [1.807, 2.05) is 12.1 Å². The van der Waals surface area contributed by atoms with Crippen LogP contribution in [0.2, 0.25) is 0 Å². The Labute approximate surface area is 187 Å². The lowest BCUT2D eigenvalue weighted by atomic mass is 9.91. The lowest BCUT2D eigenvalue weighted by Gasteiger charge is -2.35. The monoisotopic (exact) mass is 428 g/mol. The number of fused-ring (bicyclic) bond motifs is 1. The average molecular weight is 429 g/mol. The van der Waals surface area contributed by atoms with Gasteiger partial charge in [-0.15, -0.1) is 0 Å². The predicted octanol–water partition coefficient (Wildman–Crippen LogP) is 5.02. The van der Waals surface area contributed by atoms with Gasteiger partial charge in [0.2, 0.25) is 5.88 Å². The number of nitrogens with one attached hydrogen (secondary N) is 1. The number of hydrogen-bond donors (Lipinski definition) is 1. The quantitative estimate of drug-likeness (QED) is 0.618. The van der Waals surface area contributed by atoms with Gasteiger partial charge in [-0.1, -0.05) is 30.3 Å². The van der Waals surface area contributed by atoms with Gasteiger partial charge in [0.15, 0.2) is 0 Å². The molecule has 3 aromatic rings. The minimum atomic E-state index is -0.435. The molecule has 6 heteroatoms. The van der Waals surface area contributed by atoms with Crippen molar-refractivity contribution in [3.05, 3.63) is 88.9 Å². The summed E-state index contributed by atoms with van der Waals surface area (Å²) >= 11 is 0. The highest BCUT2D eigenvalue weighted by atomic mass is 19.1. The number of rotatable bonds is 5. The first-order valence-electron chi connectivity index (χ1n) is 11.1. The van der Waals surface area contributed by atoms with Gasteiger partial charge in [-0.05, 0) is 55.8 Å². The molecule has 3 heterocycles. The Morgan fingerprint density at radius 3 is 2.75 bits per heavy atom. The molecule has 1 atom stereocenters. The molecule has 1 unspecified atom stereocenters. The van der Waals surface area contributed by atoms with Crippen LogP contribution in [0.4, 0.5) is 10.1 Å². The molecule has 0 amide bonds. The molecule has 0 radical (unpaired) electrons. The van der Waals surface area contributed by atoms with E-state index >= 15 is 0 Å². The topological polar surface area (TPSA) is 61.2 Å². The molecule has 5 nitrogen and oxygen atoms in total. The van der Waals surface area contributed by atoms with Gasteiger partial charge in [0.25, 0.3) is 0 Å². The van der Waals surface area contributed by atoms with Gasteiger partial charge < -0.3 is 10.1 Å². The van der Waals surface area contributed by atoms with Crippen molar-refractivity contribution in [3.8, 4) is 11.9 Å². The van der Waals surface area contributed by atoms with Crippen molar-refractivity contribution in [2.75, 3.05) is 25.0 Å². The standard InChI is InChI=1S/C26H25FN4O/c27-22-14-18(15-28)8-9-20(22)17-32-26-7-3-6-23(30-26)19-10-12-31(13-11-19)25-16-29-24-5-2-1-4-21(24)25/h1-9,14,19,25,29H,10-13,16-17H2. The highest BCUT2D eigenvalue weighted by Gasteiger charge is 2.31. The van der Waals surface area contributed by atoms with Crippen molar-refractivity contribution in [1.29, 1.82) is 5.26 Å². The lowest BCUT2D eigenvalue weighted by molar-refractivity contribution is 0.161. The number of nitriles is 1. The molecule has 0 bridgehead atoms. The fourth-order valence-electron chi connectivity index (χ4n) is 4.72. The van der Waals surface area contributed by atoms with E-state index in [4.69, 9.17) is 15.0 Å². The number of halogens is 1. The van der Waals surface area contributed by atoms with Crippen molar-refractivity contribution in [3.63, 3.8) is 0 Å². The molecule has 2 aliphatic heterocycles. The molecule has 0 saturated carbocycles. The van der Waals surface area contributed by atoms with E-state index in [2.05, 4.69) is 40.5 Å². The summed E-state index contributed by atoms with van der Waals surface area (Å²) in [5.41, 5.74) is 4.40. The van der Waals surface area contributed by atoms with Crippen LogP contribution in [-0.4, -0.2) is 29.5 Å². The number of piperidine rings is 1. The minimum Gasteiger partial charge on any atom is -0.473 e. The predicted molar refractivity (Wildman–Crippen MR) is 121 cm³/mol. The zero-order valence-corrected chi connectivity index (χ0v) is 17.8. The van der Waals surface area contributed by atoms with Gasteiger partial charge in [0.1, 0.15) is 12.4 Å². The largest absolute Gasteiger partial charge is 0.473 e. The number of anilines is 1. The second-order valence-electron chi connectivity index (χ2n) is 8.40. The summed E-state index contributed by atoms with van der Waals surface area (Å²) in [5, 5.41) is 12.4. The number of benzene rings is 2. The van der Waals surface area contributed by atoms with E-state index in [1.54, 1.807) is 18.2 Å². The molecular formula is C26H25FN4O. The molecular weight excluding hydrogens is 403 g/mol. The van der Waals surface area contributed by atoms with Crippen molar-refractivity contribution in [1.82, 2.24) is 9.88 Å². The van der Waals surface area contributed by atoms with E-state index in [-0.39, 0.29) is 6.61 Å². The Morgan fingerprint density at radius 1 is 1.09 bits per heavy atom. The lowest BCUT2D eigenvalue weighted by Crippen LogP contribution is -2.37. The first kappa shape index (κ1) is 20.5. The number of aromatic nitrogens is 1. The van der Waals surface area contributed by atoms with Crippen LogP contribution in [0.3, 0.4) is 0 Å². The van der Waals surface area contributed by atoms with Crippen LogP contribution in [-0.2, 0) is 6.61 Å². The molecule has 32 heavy (non-hydrogen) atoms. The Balaban J connectivity index is 1.20. The van der Waals surface area contributed by atoms with Gasteiger partial charge >= 0.3 is 0 Å². The zero-order valence-electron chi connectivity index (χ0n) is 17.8. The number of likely N-dealkylation sites (tertiary alicyclic amines) is 1. The molecule has 0 aliphatic carbocycles. The smallest absolute Gasteiger partial charge is 0.213 e. The van der Waals surface area contributed by atoms with E-state index in [9.17, 15) is 4.39 Å². The second-order valence-corrected chi connectivity index (χ2v) is 8.40. The number of nitrogens with zero attached hydrogens (tertiary/aromatic N) is 3. The third-order valence-electron chi connectivity index (χ3n) is 6.50. The summed E-state index contributed by atoms with van der Waals surface area (Å²) in [6.45, 7) is 3.13. The third kappa shape index (κ3) is 4.17. The summed E-state index contributed by atoms with van der Waals surface area (Å²) in [6.07, 6.45) is 2.11. The van der Waals surface area contributed by atoms with Gasteiger partial charge in [-0.25, -0.2) is 9.37 Å². The summed E-state index contributed by atoms with van der Waals surface area (Å²) in [5.74, 6) is 0.462. The maximum Gasteiger partial charge on any atom is 0.213 e. The number of pyridine rings is 1. The molecule has 1 aromatic heterocycles. The minimum absolute atomic E-state index is 0.0839.